The Morgan fingerprint density at radius 2 is 1.93 bits per heavy atom. The van der Waals surface area contributed by atoms with Crippen LogP contribution in [0.5, 0.6) is 5.75 Å². The van der Waals surface area contributed by atoms with Crippen LogP contribution in [0.1, 0.15) is 10.5 Å². The van der Waals surface area contributed by atoms with Crippen molar-refractivity contribution in [3.8, 4) is 22.8 Å². The van der Waals surface area contributed by atoms with Crippen molar-refractivity contribution in [2.45, 2.75) is 0 Å². The maximum Gasteiger partial charge on any atom is 0.281 e. The molecule has 8 heteroatoms. The molecule has 7 nitrogen and oxygen atoms in total. The van der Waals surface area contributed by atoms with Gasteiger partial charge in [-0.3, -0.25) is 15.1 Å². The van der Waals surface area contributed by atoms with Gasteiger partial charge in [0.15, 0.2) is 16.6 Å². The minimum absolute atomic E-state index is 0.191. The second-order valence-electron chi connectivity index (χ2n) is 5.53. The van der Waals surface area contributed by atoms with Gasteiger partial charge in [0.2, 0.25) is 0 Å². The van der Waals surface area contributed by atoms with Gasteiger partial charge in [0, 0.05) is 11.6 Å². The van der Waals surface area contributed by atoms with Gasteiger partial charge < -0.3 is 4.74 Å². The third kappa shape index (κ3) is 3.56. The number of amides is 1. The molecule has 4 aromatic rings. The van der Waals surface area contributed by atoms with Gasteiger partial charge >= 0.3 is 0 Å². The molecule has 134 valence electrons. The number of rotatable bonds is 5. The molecule has 0 aliphatic rings. The summed E-state index contributed by atoms with van der Waals surface area (Å²) in [7, 11) is 1.51. The molecular weight excluding hydrogens is 362 g/mol. The predicted molar refractivity (Wildman–Crippen MR) is 103 cm³/mol. The summed E-state index contributed by atoms with van der Waals surface area (Å²) in [4.78, 5) is 21.3. The Bertz CT molecular complexity index is 1060. The Morgan fingerprint density at radius 3 is 2.67 bits per heavy atom. The second-order valence-corrected chi connectivity index (χ2v) is 6.39. The molecule has 3 heterocycles. The van der Waals surface area contributed by atoms with Gasteiger partial charge in [-0.25, -0.2) is 9.67 Å². The van der Waals surface area contributed by atoms with E-state index in [9.17, 15) is 4.79 Å². The van der Waals surface area contributed by atoms with E-state index < -0.39 is 0 Å². The maximum absolute atomic E-state index is 12.7. The first kappa shape index (κ1) is 16.9. The summed E-state index contributed by atoms with van der Waals surface area (Å²) in [5.74, 6) is 0.00121. The van der Waals surface area contributed by atoms with E-state index in [1.807, 2.05) is 53.9 Å². The third-order valence-corrected chi connectivity index (χ3v) is 4.55. The number of carbonyl (C=O) groups excluding carboxylic acids is 1. The molecule has 4 rings (SSSR count). The van der Waals surface area contributed by atoms with Crippen LogP contribution in [0.2, 0.25) is 0 Å². The minimum atomic E-state index is -0.386. The minimum Gasteiger partial charge on any atom is -0.493 e. The molecule has 0 aliphatic heterocycles. The first-order valence-electron chi connectivity index (χ1n) is 8.12. The van der Waals surface area contributed by atoms with E-state index in [0.717, 1.165) is 11.4 Å². The summed E-state index contributed by atoms with van der Waals surface area (Å²) < 4.78 is 6.92. The number of anilines is 1. The van der Waals surface area contributed by atoms with Gasteiger partial charge in [0.05, 0.1) is 24.7 Å². The normalized spacial score (nSPS) is 10.6. The van der Waals surface area contributed by atoms with E-state index in [0.29, 0.717) is 16.6 Å². The summed E-state index contributed by atoms with van der Waals surface area (Å²) in [5, 5.41) is 9.44. The number of methoxy groups -OCH3 is 1. The molecule has 0 spiro atoms. The molecule has 0 saturated carbocycles. The van der Waals surface area contributed by atoms with Gasteiger partial charge in [-0.15, -0.1) is 11.3 Å². The smallest absolute Gasteiger partial charge is 0.281 e. The Morgan fingerprint density at radius 1 is 1.11 bits per heavy atom. The lowest BCUT2D eigenvalue weighted by molar-refractivity contribution is 0.101. The number of nitrogens with zero attached hydrogens (tertiary/aromatic N) is 4. The molecule has 0 fully saturated rings. The van der Waals surface area contributed by atoms with Gasteiger partial charge in [0.25, 0.3) is 5.91 Å². The van der Waals surface area contributed by atoms with Crippen molar-refractivity contribution in [1.29, 1.82) is 0 Å². The lowest BCUT2D eigenvalue weighted by Crippen LogP contribution is -2.14. The van der Waals surface area contributed by atoms with Crippen molar-refractivity contribution in [2.24, 2.45) is 0 Å². The Balaban J connectivity index is 1.57. The summed E-state index contributed by atoms with van der Waals surface area (Å²) in [5.41, 5.74) is 2.48. The summed E-state index contributed by atoms with van der Waals surface area (Å²) in [6.45, 7) is 0. The largest absolute Gasteiger partial charge is 0.493 e. The molecule has 0 unspecified atom stereocenters. The van der Waals surface area contributed by atoms with Crippen LogP contribution in [0, 0.1) is 0 Å². The van der Waals surface area contributed by atoms with E-state index in [4.69, 9.17) is 4.74 Å². The highest BCUT2D eigenvalue weighted by Gasteiger charge is 2.20. The highest BCUT2D eigenvalue weighted by atomic mass is 32.1. The Hall–Kier alpha value is -3.52. The van der Waals surface area contributed by atoms with E-state index in [-0.39, 0.29) is 11.6 Å². The quantitative estimate of drug-likeness (QED) is 0.574. The van der Waals surface area contributed by atoms with E-state index in [1.165, 1.54) is 18.4 Å². The first-order valence-corrected chi connectivity index (χ1v) is 9.00. The standard InChI is InChI=1S/C19H15N5O2S/c1-26-16-11-24(13-7-3-2-4-8-13)23-17(16)18(25)22-19-21-15(12-27-19)14-9-5-6-10-20-14/h2-12H,1H3,(H,21,22,25). The number of ether oxygens (including phenoxy) is 1. The number of hydrogen-bond donors (Lipinski definition) is 1. The zero-order chi connectivity index (χ0) is 18.6. The zero-order valence-electron chi connectivity index (χ0n) is 14.4. The number of benzene rings is 1. The highest BCUT2D eigenvalue weighted by molar-refractivity contribution is 7.14. The number of pyridine rings is 1. The molecular formula is C19H15N5O2S. The monoisotopic (exact) mass is 377 g/mol. The van der Waals surface area contributed by atoms with Crippen LogP contribution in [-0.4, -0.2) is 32.8 Å². The number of nitrogens with one attached hydrogen (secondary N) is 1. The lowest BCUT2D eigenvalue weighted by Gasteiger charge is -2.01. The van der Waals surface area contributed by atoms with Crippen LogP contribution in [0.15, 0.2) is 66.3 Å². The Labute approximate surface area is 159 Å². The van der Waals surface area contributed by atoms with E-state index in [1.54, 1.807) is 17.1 Å². The summed E-state index contributed by atoms with van der Waals surface area (Å²) in [6.07, 6.45) is 3.37. The average Bonchev–Trinajstić information content (AvgIpc) is 3.36. The molecule has 0 bridgehead atoms. The van der Waals surface area contributed by atoms with Crippen LogP contribution < -0.4 is 10.1 Å². The van der Waals surface area contributed by atoms with Crippen LogP contribution in [0.4, 0.5) is 5.13 Å². The Kier molecular flexibility index (Phi) is 4.63. The molecule has 1 amide bonds. The molecule has 0 aliphatic carbocycles. The van der Waals surface area contributed by atoms with Gasteiger partial charge in [-0.1, -0.05) is 24.3 Å². The molecule has 0 saturated heterocycles. The van der Waals surface area contributed by atoms with Crippen LogP contribution >= 0.6 is 11.3 Å². The van der Waals surface area contributed by atoms with Crippen LogP contribution in [0.3, 0.4) is 0 Å². The average molecular weight is 377 g/mol. The number of carbonyl (C=O) groups is 1. The first-order chi connectivity index (χ1) is 13.2. The second kappa shape index (κ2) is 7.38. The molecule has 1 N–H and O–H groups in total. The van der Waals surface area contributed by atoms with Crippen molar-refractivity contribution in [3.05, 3.63) is 72.0 Å². The number of para-hydroxylation sites is 1. The van der Waals surface area contributed by atoms with Gasteiger partial charge in [0.1, 0.15) is 5.69 Å². The van der Waals surface area contributed by atoms with Crippen LogP contribution in [0.25, 0.3) is 17.1 Å². The van der Waals surface area contributed by atoms with Gasteiger partial charge in [-0.2, -0.15) is 5.10 Å². The van der Waals surface area contributed by atoms with Crippen LogP contribution in [-0.2, 0) is 0 Å². The molecule has 0 atom stereocenters. The molecule has 3 aromatic heterocycles. The third-order valence-electron chi connectivity index (χ3n) is 3.79. The number of thiazole rings is 1. The fourth-order valence-corrected chi connectivity index (χ4v) is 3.20. The predicted octanol–water partition coefficient (Wildman–Crippen LogP) is 3.65. The maximum atomic E-state index is 12.7. The van der Waals surface area contributed by atoms with Crippen molar-refractivity contribution in [3.63, 3.8) is 0 Å². The van der Waals surface area contributed by atoms with Crippen molar-refractivity contribution < 1.29 is 9.53 Å². The fraction of sp³-hybridized carbons (Fsp3) is 0.0526. The fourth-order valence-electron chi connectivity index (χ4n) is 2.50. The lowest BCUT2D eigenvalue weighted by atomic mass is 10.3. The highest BCUT2D eigenvalue weighted by Crippen LogP contribution is 2.25. The van der Waals surface area contributed by atoms with Crippen molar-refractivity contribution >= 4 is 22.4 Å². The van der Waals surface area contributed by atoms with Crippen molar-refractivity contribution in [1.82, 2.24) is 19.7 Å². The SMILES string of the molecule is COc1cn(-c2ccccc2)nc1C(=O)Nc1nc(-c2ccccn2)cs1. The molecule has 0 radical (unpaired) electrons. The molecule has 27 heavy (non-hydrogen) atoms. The zero-order valence-corrected chi connectivity index (χ0v) is 15.2. The summed E-state index contributed by atoms with van der Waals surface area (Å²) >= 11 is 1.33. The van der Waals surface area contributed by atoms with E-state index >= 15 is 0 Å². The van der Waals surface area contributed by atoms with Gasteiger partial charge in [-0.05, 0) is 24.3 Å². The van der Waals surface area contributed by atoms with E-state index in [2.05, 4.69) is 20.4 Å². The topological polar surface area (TPSA) is 81.9 Å². The summed E-state index contributed by atoms with van der Waals surface area (Å²) in [6, 6.07) is 15.1. The number of aromatic nitrogens is 4. The molecule has 1 aromatic carbocycles. The number of hydrogen-bond acceptors (Lipinski definition) is 6. The van der Waals surface area contributed by atoms with Crippen molar-refractivity contribution in [2.75, 3.05) is 12.4 Å².